The molecular formula is C17H34O6. The van der Waals surface area contributed by atoms with E-state index in [0.29, 0.717) is 65.7 Å². The van der Waals surface area contributed by atoms with Crippen LogP contribution in [0, 0.1) is 0 Å². The highest BCUT2D eigenvalue weighted by Crippen LogP contribution is 1.97. The molecule has 0 fully saturated rings. The average Bonchev–Trinajstić information content (AvgIpc) is 2.54. The molecule has 1 atom stereocenters. The van der Waals surface area contributed by atoms with Crippen LogP contribution in [0.25, 0.3) is 0 Å². The Balaban J connectivity index is 3.24. The fourth-order valence-electron chi connectivity index (χ4n) is 1.69. The van der Waals surface area contributed by atoms with Gasteiger partial charge in [0, 0.05) is 19.6 Å². The van der Waals surface area contributed by atoms with Crippen molar-refractivity contribution >= 4 is 5.97 Å². The number of rotatable bonds is 17. The maximum Gasteiger partial charge on any atom is 0.305 e. The summed E-state index contributed by atoms with van der Waals surface area (Å²) >= 11 is 0. The van der Waals surface area contributed by atoms with E-state index in [1.165, 1.54) is 0 Å². The molecular weight excluding hydrogens is 300 g/mol. The van der Waals surface area contributed by atoms with E-state index in [1.807, 2.05) is 13.8 Å². The molecule has 0 radical (unpaired) electrons. The molecule has 0 aliphatic carbocycles. The average molecular weight is 334 g/mol. The van der Waals surface area contributed by atoms with Crippen LogP contribution in [-0.4, -0.2) is 64.9 Å². The van der Waals surface area contributed by atoms with Gasteiger partial charge in [0.05, 0.1) is 45.7 Å². The molecule has 138 valence electrons. The van der Waals surface area contributed by atoms with Gasteiger partial charge in [0.1, 0.15) is 0 Å². The van der Waals surface area contributed by atoms with Gasteiger partial charge in [0.15, 0.2) is 0 Å². The first-order valence-corrected chi connectivity index (χ1v) is 8.71. The molecule has 0 aromatic heterocycles. The van der Waals surface area contributed by atoms with Crippen molar-refractivity contribution in [3.05, 3.63) is 0 Å². The summed E-state index contributed by atoms with van der Waals surface area (Å²) in [5.41, 5.74) is 0. The molecule has 23 heavy (non-hydrogen) atoms. The Bertz CT molecular complexity index is 259. The van der Waals surface area contributed by atoms with Crippen molar-refractivity contribution in [1.29, 1.82) is 0 Å². The van der Waals surface area contributed by atoms with Crippen LogP contribution in [0.2, 0.25) is 0 Å². The maximum absolute atomic E-state index is 11.3. The smallest absolute Gasteiger partial charge is 0.305 e. The van der Waals surface area contributed by atoms with Crippen LogP contribution in [-0.2, 0) is 28.5 Å². The van der Waals surface area contributed by atoms with E-state index in [4.69, 9.17) is 23.7 Å². The molecule has 0 aliphatic heterocycles. The topological polar surface area (TPSA) is 63.2 Å². The monoisotopic (exact) mass is 334 g/mol. The molecule has 0 heterocycles. The van der Waals surface area contributed by atoms with Crippen molar-refractivity contribution in [2.75, 3.05) is 52.9 Å². The van der Waals surface area contributed by atoms with Crippen LogP contribution in [0.4, 0.5) is 0 Å². The zero-order chi connectivity index (χ0) is 17.2. The Labute approximate surface area is 140 Å². The number of ether oxygens (including phenoxy) is 5. The lowest BCUT2D eigenvalue weighted by molar-refractivity contribution is -0.144. The van der Waals surface area contributed by atoms with Crippen molar-refractivity contribution in [3.63, 3.8) is 0 Å². The molecule has 0 aromatic rings. The molecule has 6 nitrogen and oxygen atoms in total. The lowest BCUT2D eigenvalue weighted by Crippen LogP contribution is -2.20. The fourth-order valence-corrected chi connectivity index (χ4v) is 1.69. The third-order valence-corrected chi connectivity index (χ3v) is 2.99. The van der Waals surface area contributed by atoms with E-state index in [1.54, 1.807) is 0 Å². The summed E-state index contributed by atoms with van der Waals surface area (Å²) in [6.45, 7) is 10.6. The van der Waals surface area contributed by atoms with E-state index in [-0.39, 0.29) is 12.1 Å². The van der Waals surface area contributed by atoms with Crippen molar-refractivity contribution in [3.8, 4) is 0 Å². The van der Waals surface area contributed by atoms with Crippen molar-refractivity contribution in [2.45, 2.75) is 52.6 Å². The van der Waals surface area contributed by atoms with Crippen LogP contribution in [0.15, 0.2) is 0 Å². The van der Waals surface area contributed by atoms with E-state index in [9.17, 15) is 4.79 Å². The molecule has 0 amide bonds. The number of hydrogen-bond acceptors (Lipinski definition) is 6. The van der Waals surface area contributed by atoms with Gasteiger partial charge in [0.2, 0.25) is 0 Å². The molecule has 0 rings (SSSR count). The van der Waals surface area contributed by atoms with Crippen LogP contribution < -0.4 is 0 Å². The summed E-state index contributed by atoms with van der Waals surface area (Å²) in [4.78, 5) is 11.3. The van der Waals surface area contributed by atoms with Gasteiger partial charge in [-0.25, -0.2) is 0 Å². The molecule has 0 N–H and O–H groups in total. The van der Waals surface area contributed by atoms with Gasteiger partial charge in [-0.1, -0.05) is 13.3 Å². The highest BCUT2D eigenvalue weighted by Gasteiger charge is 2.04. The van der Waals surface area contributed by atoms with Gasteiger partial charge < -0.3 is 23.7 Å². The predicted molar refractivity (Wildman–Crippen MR) is 88.6 cm³/mol. The van der Waals surface area contributed by atoms with E-state index in [0.717, 1.165) is 12.8 Å². The summed E-state index contributed by atoms with van der Waals surface area (Å²) in [5.74, 6) is -0.142. The zero-order valence-corrected chi connectivity index (χ0v) is 15.0. The highest BCUT2D eigenvalue weighted by atomic mass is 16.6. The summed E-state index contributed by atoms with van der Waals surface area (Å²) < 4.78 is 26.6. The molecule has 0 spiro atoms. The number of carbonyl (C=O) groups is 1. The third-order valence-electron chi connectivity index (χ3n) is 2.99. The quantitative estimate of drug-likeness (QED) is 0.301. The first-order valence-electron chi connectivity index (χ1n) is 8.71. The molecule has 0 bridgehead atoms. The maximum atomic E-state index is 11.3. The third kappa shape index (κ3) is 17.5. The summed E-state index contributed by atoms with van der Waals surface area (Å²) in [6, 6.07) is 0. The Morgan fingerprint density at radius 2 is 1.61 bits per heavy atom. The van der Waals surface area contributed by atoms with Crippen LogP contribution >= 0.6 is 0 Å². The first-order chi connectivity index (χ1) is 11.2. The Morgan fingerprint density at radius 1 is 0.870 bits per heavy atom. The minimum absolute atomic E-state index is 0.0359. The predicted octanol–water partition coefficient (Wildman–Crippen LogP) is 2.58. The van der Waals surface area contributed by atoms with Crippen LogP contribution in [0.1, 0.15) is 46.5 Å². The van der Waals surface area contributed by atoms with Gasteiger partial charge in [-0.05, 0) is 26.7 Å². The second-order valence-corrected chi connectivity index (χ2v) is 5.24. The second-order valence-electron chi connectivity index (χ2n) is 5.24. The summed E-state index contributed by atoms with van der Waals surface area (Å²) in [6.07, 6.45) is 3.09. The second kappa shape index (κ2) is 17.7. The van der Waals surface area contributed by atoms with Crippen molar-refractivity contribution in [2.24, 2.45) is 0 Å². The van der Waals surface area contributed by atoms with E-state index < -0.39 is 0 Å². The number of unbranched alkanes of at least 4 members (excludes halogenated alkanes) is 1. The Morgan fingerprint density at radius 3 is 2.35 bits per heavy atom. The lowest BCUT2D eigenvalue weighted by Gasteiger charge is -2.13. The molecule has 0 saturated heterocycles. The normalized spacial score (nSPS) is 12.3. The SMILES string of the molecule is CCCCOC(=O)CCCOCCOC(C)COCCOCC. The zero-order valence-electron chi connectivity index (χ0n) is 15.0. The van der Waals surface area contributed by atoms with Crippen molar-refractivity contribution < 1.29 is 28.5 Å². The molecule has 0 saturated carbocycles. The van der Waals surface area contributed by atoms with Gasteiger partial charge in [-0.15, -0.1) is 0 Å². The number of carbonyl (C=O) groups excluding carboxylic acids is 1. The Hall–Kier alpha value is -0.690. The minimum atomic E-state index is -0.142. The molecule has 0 aromatic carbocycles. The van der Waals surface area contributed by atoms with Crippen LogP contribution in [0.5, 0.6) is 0 Å². The molecule has 1 unspecified atom stereocenters. The number of hydrogen-bond donors (Lipinski definition) is 0. The minimum Gasteiger partial charge on any atom is -0.466 e. The first kappa shape index (κ1) is 22.3. The standard InChI is InChI=1S/C17H34O6/c1-4-6-10-23-17(18)8-7-9-20-13-14-22-16(3)15-21-12-11-19-5-2/h16H,4-15H2,1-3H3. The summed E-state index contributed by atoms with van der Waals surface area (Å²) in [7, 11) is 0. The van der Waals surface area contributed by atoms with Gasteiger partial charge >= 0.3 is 5.97 Å². The van der Waals surface area contributed by atoms with Gasteiger partial charge in [-0.3, -0.25) is 4.79 Å². The Kier molecular flexibility index (Phi) is 17.1. The largest absolute Gasteiger partial charge is 0.466 e. The van der Waals surface area contributed by atoms with Crippen molar-refractivity contribution in [1.82, 2.24) is 0 Å². The fraction of sp³-hybridized carbons (Fsp3) is 0.941. The van der Waals surface area contributed by atoms with Gasteiger partial charge in [-0.2, -0.15) is 0 Å². The highest BCUT2D eigenvalue weighted by molar-refractivity contribution is 5.69. The molecule has 0 aliphatic rings. The lowest BCUT2D eigenvalue weighted by atomic mass is 10.3. The van der Waals surface area contributed by atoms with Gasteiger partial charge in [0.25, 0.3) is 0 Å². The summed E-state index contributed by atoms with van der Waals surface area (Å²) in [5, 5.41) is 0. The van der Waals surface area contributed by atoms with E-state index >= 15 is 0 Å². The van der Waals surface area contributed by atoms with E-state index in [2.05, 4.69) is 6.92 Å². The van der Waals surface area contributed by atoms with Crippen LogP contribution in [0.3, 0.4) is 0 Å². The molecule has 6 heteroatoms. The number of esters is 1.